The van der Waals surface area contributed by atoms with Crippen LogP contribution < -0.4 is 0 Å². The number of aromatic nitrogens is 2. The zero-order valence-electron chi connectivity index (χ0n) is 12.3. The number of ether oxygens (including phenoxy) is 1. The molecule has 6 nitrogen and oxygen atoms in total. The van der Waals surface area contributed by atoms with Gasteiger partial charge >= 0.3 is 12.1 Å². The first-order chi connectivity index (χ1) is 9.79. The van der Waals surface area contributed by atoms with E-state index in [0.717, 1.165) is 4.57 Å². The molecule has 0 atom stereocenters. The molecule has 2 aromatic rings. The number of carbonyl (C=O) groups excluding carboxylic acids is 1. The number of fused-ring (bicyclic) bond motifs is 1. The third kappa shape index (κ3) is 3.39. The number of carbonyl (C=O) groups is 2. The van der Waals surface area contributed by atoms with Crippen LogP contribution in [-0.4, -0.2) is 33.3 Å². The molecule has 0 aliphatic rings. The smallest absolute Gasteiger partial charge is 0.419 e. The molecule has 1 N–H and O–H groups in total. The van der Waals surface area contributed by atoms with Crippen LogP contribution in [0.25, 0.3) is 10.9 Å². The Morgan fingerprint density at radius 1 is 1.38 bits per heavy atom. The normalized spacial score (nSPS) is 11.6. The lowest BCUT2D eigenvalue weighted by Crippen LogP contribution is -2.21. The van der Waals surface area contributed by atoms with Crippen LogP contribution in [0.1, 0.15) is 37.7 Å². The van der Waals surface area contributed by atoms with Crippen molar-refractivity contribution in [1.29, 1.82) is 0 Å². The maximum atomic E-state index is 12.2. The van der Waals surface area contributed by atoms with Crippen molar-refractivity contribution in [2.24, 2.45) is 5.41 Å². The largest absolute Gasteiger partial charge is 0.477 e. The predicted octanol–water partition coefficient (Wildman–Crippen LogP) is 3.16. The van der Waals surface area contributed by atoms with Gasteiger partial charge in [0, 0.05) is 11.6 Å². The Morgan fingerprint density at radius 3 is 2.71 bits per heavy atom. The second-order valence-corrected chi connectivity index (χ2v) is 6.03. The molecular formula is C15H18N2O4. The van der Waals surface area contributed by atoms with Crippen LogP contribution in [0.5, 0.6) is 0 Å². The first-order valence-corrected chi connectivity index (χ1v) is 6.65. The Balaban J connectivity index is 2.29. The SMILES string of the molecule is CC(C)(C)CCOC(=O)n1c(C(=O)O)cc2ccncc21. The molecule has 0 unspecified atom stereocenters. The van der Waals surface area contributed by atoms with Crippen LogP contribution >= 0.6 is 0 Å². The molecular weight excluding hydrogens is 272 g/mol. The van der Waals surface area contributed by atoms with Gasteiger partial charge in [-0.3, -0.25) is 4.98 Å². The number of carboxylic acid groups (broad SMARTS) is 1. The van der Waals surface area contributed by atoms with E-state index < -0.39 is 12.1 Å². The lowest BCUT2D eigenvalue weighted by Gasteiger charge is -2.17. The molecule has 2 aromatic heterocycles. The highest BCUT2D eigenvalue weighted by atomic mass is 16.5. The Hall–Kier alpha value is -2.37. The minimum atomic E-state index is -1.18. The van der Waals surface area contributed by atoms with Gasteiger partial charge in [0.05, 0.1) is 18.3 Å². The van der Waals surface area contributed by atoms with E-state index in [1.165, 1.54) is 12.3 Å². The minimum Gasteiger partial charge on any atom is -0.477 e. The van der Waals surface area contributed by atoms with Gasteiger partial charge in [0.15, 0.2) is 0 Å². The number of hydrogen-bond acceptors (Lipinski definition) is 4. The van der Waals surface area contributed by atoms with Crippen LogP contribution in [0.15, 0.2) is 24.5 Å². The summed E-state index contributed by atoms with van der Waals surface area (Å²) in [5, 5.41) is 9.86. The Kier molecular flexibility index (Phi) is 3.97. The van der Waals surface area contributed by atoms with Gasteiger partial charge in [-0.2, -0.15) is 0 Å². The summed E-state index contributed by atoms with van der Waals surface area (Å²) >= 11 is 0. The third-order valence-electron chi connectivity index (χ3n) is 3.09. The first kappa shape index (κ1) is 15.0. The van der Waals surface area contributed by atoms with Crippen molar-refractivity contribution >= 4 is 23.0 Å². The fraction of sp³-hybridized carbons (Fsp3) is 0.400. The van der Waals surface area contributed by atoms with E-state index >= 15 is 0 Å². The second-order valence-electron chi connectivity index (χ2n) is 6.03. The fourth-order valence-electron chi connectivity index (χ4n) is 1.91. The maximum absolute atomic E-state index is 12.2. The van der Waals surface area contributed by atoms with Gasteiger partial charge in [-0.25, -0.2) is 14.2 Å². The summed E-state index contributed by atoms with van der Waals surface area (Å²) in [6, 6.07) is 3.09. The fourth-order valence-corrected chi connectivity index (χ4v) is 1.91. The van der Waals surface area contributed by atoms with Crippen LogP contribution in [-0.2, 0) is 4.74 Å². The molecule has 6 heteroatoms. The number of pyridine rings is 1. The molecule has 0 aliphatic carbocycles. The zero-order chi connectivity index (χ0) is 15.6. The average molecular weight is 290 g/mol. The molecule has 0 fully saturated rings. The van der Waals surface area contributed by atoms with E-state index in [9.17, 15) is 14.7 Å². The van der Waals surface area contributed by atoms with E-state index in [1.54, 1.807) is 12.3 Å². The Bertz CT molecular complexity index is 683. The van der Waals surface area contributed by atoms with E-state index in [2.05, 4.69) is 4.98 Å². The number of rotatable bonds is 3. The second kappa shape index (κ2) is 5.55. The summed E-state index contributed by atoms with van der Waals surface area (Å²) in [5.41, 5.74) is 0.338. The molecule has 0 radical (unpaired) electrons. The van der Waals surface area contributed by atoms with Gasteiger partial charge in [0.2, 0.25) is 0 Å². The first-order valence-electron chi connectivity index (χ1n) is 6.65. The summed E-state index contributed by atoms with van der Waals surface area (Å²) in [4.78, 5) is 27.4. The maximum Gasteiger partial charge on any atom is 0.419 e. The van der Waals surface area contributed by atoms with Crippen molar-refractivity contribution in [1.82, 2.24) is 9.55 Å². The predicted molar refractivity (Wildman–Crippen MR) is 77.5 cm³/mol. The third-order valence-corrected chi connectivity index (χ3v) is 3.09. The zero-order valence-corrected chi connectivity index (χ0v) is 12.3. The molecule has 0 saturated carbocycles. The van der Waals surface area contributed by atoms with Gasteiger partial charge in [-0.1, -0.05) is 20.8 Å². The summed E-state index contributed by atoms with van der Waals surface area (Å²) in [6.45, 7) is 6.36. The molecule has 21 heavy (non-hydrogen) atoms. The van der Waals surface area contributed by atoms with Gasteiger partial charge in [-0.15, -0.1) is 0 Å². The number of carboxylic acids is 1. The molecule has 0 bridgehead atoms. The van der Waals surface area contributed by atoms with Crippen LogP contribution in [0, 0.1) is 5.41 Å². The average Bonchev–Trinajstić information content (AvgIpc) is 2.76. The molecule has 2 rings (SSSR count). The minimum absolute atomic E-state index is 0.0379. The van der Waals surface area contributed by atoms with Crippen LogP contribution in [0.4, 0.5) is 4.79 Å². The van der Waals surface area contributed by atoms with E-state index in [0.29, 0.717) is 17.3 Å². The quantitative estimate of drug-likeness (QED) is 0.939. The Morgan fingerprint density at radius 2 is 2.10 bits per heavy atom. The van der Waals surface area contributed by atoms with Crippen molar-refractivity contribution in [3.8, 4) is 0 Å². The van der Waals surface area contributed by atoms with E-state index in [4.69, 9.17) is 4.74 Å². The van der Waals surface area contributed by atoms with Crippen LogP contribution in [0.2, 0.25) is 0 Å². The molecule has 0 spiro atoms. The molecule has 0 amide bonds. The van der Waals surface area contributed by atoms with Gasteiger partial charge in [0.1, 0.15) is 5.69 Å². The summed E-state index contributed by atoms with van der Waals surface area (Å²) in [5.74, 6) is -1.18. The lowest BCUT2D eigenvalue weighted by molar-refractivity contribution is 0.0680. The molecule has 0 aliphatic heterocycles. The van der Waals surface area contributed by atoms with E-state index in [-0.39, 0.29) is 17.7 Å². The summed E-state index contributed by atoms with van der Waals surface area (Å²) in [7, 11) is 0. The standard InChI is InChI=1S/C15H18N2O4/c1-15(2,3)5-7-21-14(20)17-11(13(18)19)8-10-4-6-16-9-12(10)17/h4,6,8-9H,5,7H2,1-3H3,(H,18,19). The molecule has 2 heterocycles. The summed E-state index contributed by atoms with van der Waals surface area (Å²) in [6.07, 6.45) is 2.99. The number of aromatic carboxylic acids is 1. The summed E-state index contributed by atoms with van der Waals surface area (Å²) < 4.78 is 6.24. The van der Waals surface area contributed by atoms with Crippen molar-refractivity contribution in [2.75, 3.05) is 6.61 Å². The van der Waals surface area contributed by atoms with Crippen LogP contribution in [0.3, 0.4) is 0 Å². The lowest BCUT2D eigenvalue weighted by atomic mass is 9.93. The Labute approximate surface area is 122 Å². The highest BCUT2D eigenvalue weighted by Crippen LogP contribution is 2.21. The number of hydrogen-bond donors (Lipinski definition) is 1. The molecule has 0 aromatic carbocycles. The van der Waals surface area contributed by atoms with E-state index in [1.807, 2.05) is 20.8 Å². The highest BCUT2D eigenvalue weighted by molar-refractivity contribution is 6.00. The number of nitrogens with zero attached hydrogens (tertiary/aromatic N) is 2. The van der Waals surface area contributed by atoms with Gasteiger partial charge < -0.3 is 9.84 Å². The van der Waals surface area contributed by atoms with Crippen molar-refractivity contribution in [3.05, 3.63) is 30.2 Å². The van der Waals surface area contributed by atoms with Crippen molar-refractivity contribution in [2.45, 2.75) is 27.2 Å². The topological polar surface area (TPSA) is 81.4 Å². The highest BCUT2D eigenvalue weighted by Gasteiger charge is 2.21. The van der Waals surface area contributed by atoms with Gasteiger partial charge in [0.25, 0.3) is 0 Å². The van der Waals surface area contributed by atoms with Crippen molar-refractivity contribution < 1.29 is 19.4 Å². The monoisotopic (exact) mass is 290 g/mol. The van der Waals surface area contributed by atoms with Crippen molar-refractivity contribution in [3.63, 3.8) is 0 Å². The van der Waals surface area contributed by atoms with Gasteiger partial charge in [-0.05, 0) is 24.0 Å². The molecule has 0 saturated heterocycles. The molecule has 112 valence electrons.